The van der Waals surface area contributed by atoms with Gasteiger partial charge in [0.1, 0.15) is 11.3 Å². The molecule has 0 saturated heterocycles. The molecular formula is C13H14N2O6. The molecule has 0 fully saturated rings. The van der Waals surface area contributed by atoms with Crippen molar-refractivity contribution in [2.75, 3.05) is 0 Å². The molecule has 0 radical (unpaired) electrons. The Hall–Kier alpha value is -2.64. The molecule has 0 unspecified atom stereocenters. The van der Waals surface area contributed by atoms with Gasteiger partial charge >= 0.3 is 11.4 Å². The van der Waals surface area contributed by atoms with Gasteiger partial charge in [0, 0.05) is 12.5 Å². The fourth-order valence-corrected chi connectivity index (χ4v) is 1.83. The number of nitro groups is 2. The summed E-state index contributed by atoms with van der Waals surface area (Å²) in [5, 5.41) is 21.8. The van der Waals surface area contributed by atoms with Crippen molar-refractivity contribution in [3.8, 4) is 0 Å². The van der Waals surface area contributed by atoms with E-state index in [9.17, 15) is 29.8 Å². The van der Waals surface area contributed by atoms with Crippen LogP contribution in [-0.4, -0.2) is 21.4 Å². The lowest BCUT2D eigenvalue weighted by Gasteiger charge is -2.02. The Morgan fingerprint density at radius 2 is 1.81 bits per heavy atom. The minimum atomic E-state index is -0.970. The molecule has 0 aliphatic carbocycles. The number of Topliss-reactive ketones (excluding diaryl/α,β-unsaturated/α-hetero) is 2. The third-order valence-corrected chi connectivity index (χ3v) is 2.86. The Morgan fingerprint density at radius 3 is 2.33 bits per heavy atom. The largest absolute Gasteiger partial charge is 0.356 e. The van der Waals surface area contributed by atoms with E-state index in [1.54, 1.807) is 0 Å². The molecule has 0 amide bonds. The van der Waals surface area contributed by atoms with E-state index >= 15 is 0 Å². The fraction of sp³-hybridized carbons (Fsp3) is 0.385. The van der Waals surface area contributed by atoms with Gasteiger partial charge < -0.3 is 0 Å². The summed E-state index contributed by atoms with van der Waals surface area (Å²) in [4.78, 5) is 43.4. The third kappa shape index (κ3) is 4.16. The first kappa shape index (κ1) is 16.4. The van der Waals surface area contributed by atoms with Crippen molar-refractivity contribution in [1.82, 2.24) is 0 Å². The van der Waals surface area contributed by atoms with E-state index in [-0.39, 0.29) is 12.2 Å². The van der Waals surface area contributed by atoms with Crippen LogP contribution in [0, 0.1) is 20.2 Å². The molecule has 0 aromatic heterocycles. The van der Waals surface area contributed by atoms with Gasteiger partial charge in [-0.2, -0.15) is 0 Å². The van der Waals surface area contributed by atoms with Crippen molar-refractivity contribution in [3.63, 3.8) is 0 Å². The van der Waals surface area contributed by atoms with Crippen LogP contribution in [0.4, 0.5) is 11.4 Å². The molecule has 0 saturated carbocycles. The highest BCUT2D eigenvalue weighted by atomic mass is 16.6. The quantitative estimate of drug-likeness (QED) is 0.314. The van der Waals surface area contributed by atoms with E-state index in [4.69, 9.17) is 0 Å². The first-order chi connectivity index (χ1) is 9.88. The van der Waals surface area contributed by atoms with Crippen molar-refractivity contribution < 1.29 is 19.4 Å². The van der Waals surface area contributed by atoms with Crippen LogP contribution in [0.5, 0.6) is 0 Å². The summed E-state index contributed by atoms with van der Waals surface area (Å²) >= 11 is 0. The van der Waals surface area contributed by atoms with Crippen molar-refractivity contribution in [3.05, 3.63) is 44.0 Å². The molecule has 1 aromatic rings. The number of unbranched alkanes of at least 4 members (excludes halogenated alkanes) is 1. The van der Waals surface area contributed by atoms with Gasteiger partial charge in [0.05, 0.1) is 16.3 Å². The fourth-order valence-electron chi connectivity index (χ4n) is 1.83. The minimum Gasteiger partial charge on any atom is -0.299 e. The van der Waals surface area contributed by atoms with E-state index in [0.29, 0.717) is 6.42 Å². The Labute approximate surface area is 120 Å². The molecule has 0 N–H and O–H groups in total. The summed E-state index contributed by atoms with van der Waals surface area (Å²) in [5.41, 5.74) is -2.03. The van der Waals surface area contributed by atoms with Gasteiger partial charge in [0.2, 0.25) is 0 Å². The number of benzene rings is 1. The van der Waals surface area contributed by atoms with Crippen LogP contribution in [0.25, 0.3) is 0 Å². The van der Waals surface area contributed by atoms with Gasteiger partial charge in [0.15, 0.2) is 5.78 Å². The molecule has 0 atom stereocenters. The van der Waals surface area contributed by atoms with Gasteiger partial charge in [-0.1, -0.05) is 19.4 Å². The molecule has 0 aliphatic rings. The lowest BCUT2D eigenvalue weighted by atomic mass is 10.0. The van der Waals surface area contributed by atoms with Crippen LogP contribution >= 0.6 is 0 Å². The van der Waals surface area contributed by atoms with Gasteiger partial charge in [-0.05, 0) is 12.5 Å². The van der Waals surface area contributed by atoms with Crippen LogP contribution in [0.1, 0.15) is 43.0 Å². The number of nitrogens with zero attached hydrogens (tertiary/aromatic N) is 2. The molecule has 8 nitrogen and oxygen atoms in total. The third-order valence-electron chi connectivity index (χ3n) is 2.86. The molecule has 0 bridgehead atoms. The summed E-state index contributed by atoms with van der Waals surface area (Å²) < 4.78 is 0. The summed E-state index contributed by atoms with van der Waals surface area (Å²) in [6.45, 7) is 1.89. The lowest BCUT2D eigenvalue weighted by Crippen LogP contribution is -2.11. The predicted molar refractivity (Wildman–Crippen MR) is 73.2 cm³/mol. The second-order valence-corrected chi connectivity index (χ2v) is 4.43. The molecule has 112 valence electrons. The molecule has 21 heavy (non-hydrogen) atoms. The Morgan fingerprint density at radius 1 is 1.14 bits per heavy atom. The normalized spacial score (nSPS) is 10.1. The smallest absolute Gasteiger partial charge is 0.299 e. The topological polar surface area (TPSA) is 120 Å². The number of carbonyl (C=O) groups is 2. The monoisotopic (exact) mass is 294 g/mol. The number of para-hydroxylation sites is 1. The average Bonchev–Trinajstić information content (AvgIpc) is 2.43. The Bertz CT molecular complexity index is 596. The molecule has 1 aromatic carbocycles. The van der Waals surface area contributed by atoms with Crippen molar-refractivity contribution in [1.29, 1.82) is 0 Å². The second kappa shape index (κ2) is 7.22. The van der Waals surface area contributed by atoms with Crippen molar-refractivity contribution in [2.24, 2.45) is 0 Å². The highest BCUT2D eigenvalue weighted by Gasteiger charge is 2.31. The van der Waals surface area contributed by atoms with E-state index in [0.717, 1.165) is 18.6 Å². The number of hydrogen-bond donors (Lipinski definition) is 0. The average molecular weight is 294 g/mol. The zero-order valence-corrected chi connectivity index (χ0v) is 11.4. The summed E-state index contributed by atoms with van der Waals surface area (Å²) in [6.07, 6.45) is 1.15. The number of rotatable bonds is 8. The SMILES string of the molecule is CCCCC(=O)CC(=O)c1cccc([N+](=O)[O-])c1[N+](=O)[O-]. The van der Waals surface area contributed by atoms with Gasteiger partial charge in [-0.3, -0.25) is 29.8 Å². The number of hydrogen-bond acceptors (Lipinski definition) is 6. The van der Waals surface area contributed by atoms with Gasteiger partial charge in [-0.25, -0.2) is 0 Å². The van der Waals surface area contributed by atoms with Gasteiger partial charge in [0.25, 0.3) is 0 Å². The highest BCUT2D eigenvalue weighted by Crippen LogP contribution is 2.31. The zero-order valence-electron chi connectivity index (χ0n) is 11.4. The molecule has 0 heterocycles. The van der Waals surface area contributed by atoms with Crippen LogP contribution in [0.2, 0.25) is 0 Å². The van der Waals surface area contributed by atoms with Crippen molar-refractivity contribution in [2.45, 2.75) is 32.6 Å². The number of carbonyl (C=O) groups excluding carboxylic acids is 2. The Kier molecular flexibility index (Phi) is 5.65. The van der Waals surface area contributed by atoms with Crippen LogP contribution in [0.15, 0.2) is 18.2 Å². The van der Waals surface area contributed by atoms with E-state index < -0.39 is 39.0 Å². The maximum atomic E-state index is 12.0. The van der Waals surface area contributed by atoms with E-state index in [2.05, 4.69) is 0 Å². The maximum absolute atomic E-state index is 12.0. The number of ketones is 2. The van der Waals surface area contributed by atoms with E-state index in [1.807, 2.05) is 6.92 Å². The molecule has 0 spiro atoms. The standard InChI is InChI=1S/C13H14N2O6/c1-2-3-5-9(16)8-12(17)10-6-4-7-11(14(18)19)13(10)15(20)21/h4,6-7H,2-3,5,8H2,1H3. The molecular weight excluding hydrogens is 280 g/mol. The van der Waals surface area contributed by atoms with Gasteiger partial charge in [-0.15, -0.1) is 0 Å². The molecule has 8 heteroatoms. The first-order valence-electron chi connectivity index (χ1n) is 6.35. The summed E-state index contributed by atoms with van der Waals surface area (Å²) in [6, 6.07) is 3.27. The summed E-state index contributed by atoms with van der Waals surface area (Å²) in [7, 11) is 0. The Balaban J connectivity index is 3.10. The minimum absolute atomic E-state index is 0.213. The highest BCUT2D eigenvalue weighted by molar-refractivity contribution is 6.10. The van der Waals surface area contributed by atoms with Crippen LogP contribution in [-0.2, 0) is 4.79 Å². The van der Waals surface area contributed by atoms with Crippen LogP contribution in [0.3, 0.4) is 0 Å². The second-order valence-electron chi connectivity index (χ2n) is 4.43. The summed E-state index contributed by atoms with van der Waals surface area (Å²) in [5.74, 6) is -1.10. The zero-order chi connectivity index (χ0) is 16.0. The van der Waals surface area contributed by atoms with Crippen molar-refractivity contribution >= 4 is 22.9 Å². The number of nitro benzene ring substituents is 2. The molecule has 0 aliphatic heterocycles. The predicted octanol–water partition coefficient (Wildman–Crippen LogP) is 2.84. The molecule has 1 rings (SSSR count). The maximum Gasteiger partial charge on any atom is 0.356 e. The van der Waals surface area contributed by atoms with Crippen LogP contribution < -0.4 is 0 Å². The lowest BCUT2D eigenvalue weighted by molar-refractivity contribution is -0.422. The van der Waals surface area contributed by atoms with E-state index in [1.165, 1.54) is 6.07 Å². The first-order valence-corrected chi connectivity index (χ1v) is 6.35.